The van der Waals surface area contributed by atoms with Crippen molar-refractivity contribution < 1.29 is 29.0 Å². The maximum absolute atomic E-state index is 13.8. The fourth-order valence-electron chi connectivity index (χ4n) is 6.22. The highest BCUT2D eigenvalue weighted by Crippen LogP contribution is 2.60. The number of ether oxygens (including phenoxy) is 2. The highest BCUT2D eigenvalue weighted by atomic mass is 79.9. The van der Waals surface area contributed by atoms with Crippen molar-refractivity contribution in [2.75, 3.05) is 57.9 Å². The summed E-state index contributed by atoms with van der Waals surface area (Å²) in [6.07, 6.45) is 0.292. The first kappa shape index (κ1) is 25.6. The number of morpholine rings is 1. The number of carbonyl (C=O) groups excluding carboxylic acids is 3. The number of nitrogens with one attached hydrogen (secondary N) is 2. The van der Waals surface area contributed by atoms with Crippen LogP contribution in [-0.4, -0.2) is 108 Å². The lowest BCUT2D eigenvalue weighted by molar-refractivity contribution is -0.141. The van der Waals surface area contributed by atoms with Crippen LogP contribution in [0, 0.1) is 11.8 Å². The number of anilines is 1. The van der Waals surface area contributed by atoms with Gasteiger partial charge in [-0.3, -0.25) is 19.3 Å². The van der Waals surface area contributed by atoms with E-state index < -0.39 is 29.6 Å². The van der Waals surface area contributed by atoms with Crippen LogP contribution < -0.4 is 10.6 Å². The molecule has 4 aliphatic heterocycles. The normalized spacial score (nSPS) is 33.6. The number of amides is 3. The molecule has 4 fully saturated rings. The van der Waals surface area contributed by atoms with Crippen molar-refractivity contribution in [1.82, 2.24) is 15.1 Å². The molecule has 0 aromatic heterocycles. The third-order valence-corrected chi connectivity index (χ3v) is 8.61. The van der Waals surface area contributed by atoms with E-state index in [2.05, 4.69) is 31.5 Å². The van der Waals surface area contributed by atoms with Gasteiger partial charge < -0.3 is 30.1 Å². The summed E-state index contributed by atoms with van der Waals surface area (Å²) in [5, 5.41) is 15.4. The minimum atomic E-state index is -1.09. The molecule has 1 aromatic carbocycles. The van der Waals surface area contributed by atoms with E-state index in [1.165, 1.54) is 4.90 Å². The molecule has 4 aliphatic rings. The number of alkyl halides is 1. The number of rotatable bonds is 9. The van der Waals surface area contributed by atoms with Crippen molar-refractivity contribution in [3.8, 4) is 0 Å². The van der Waals surface area contributed by atoms with Crippen LogP contribution >= 0.6 is 15.9 Å². The van der Waals surface area contributed by atoms with E-state index in [4.69, 9.17) is 9.47 Å². The van der Waals surface area contributed by atoms with Gasteiger partial charge in [0, 0.05) is 49.8 Å². The van der Waals surface area contributed by atoms with E-state index in [1.54, 1.807) is 12.1 Å². The Kier molecular flexibility index (Phi) is 7.64. The monoisotopic (exact) mass is 564 g/mol. The molecule has 36 heavy (non-hydrogen) atoms. The number of aliphatic hydroxyl groups excluding tert-OH is 1. The fraction of sp³-hybridized carbons (Fsp3) is 0.640. The number of para-hydroxylation sites is 1. The number of nitrogens with zero attached hydrogens (tertiary/aromatic N) is 2. The largest absolute Gasteiger partial charge is 0.396 e. The Hall–Kier alpha value is -2.05. The SMILES string of the molecule is O=C(NCCN1CCOCC1)C1N(CCCO)C(=O)[C@@H]2[C@H](C(=O)Nc3ccccc3)[C@H]3OC12CC3Br. The van der Waals surface area contributed by atoms with Gasteiger partial charge in [-0.15, -0.1) is 0 Å². The summed E-state index contributed by atoms with van der Waals surface area (Å²) in [5.74, 6) is -2.30. The highest BCUT2D eigenvalue weighted by Gasteiger charge is 2.76. The maximum atomic E-state index is 13.8. The topological polar surface area (TPSA) is 120 Å². The first-order chi connectivity index (χ1) is 17.5. The Morgan fingerprint density at radius 3 is 2.61 bits per heavy atom. The molecule has 11 heteroatoms. The van der Waals surface area contributed by atoms with E-state index in [9.17, 15) is 19.5 Å². The zero-order valence-corrected chi connectivity index (χ0v) is 21.7. The van der Waals surface area contributed by atoms with Crippen LogP contribution in [0.25, 0.3) is 0 Å². The van der Waals surface area contributed by atoms with Gasteiger partial charge in [-0.05, 0) is 25.0 Å². The standard InChI is InChI=1S/C25H33BrN4O6/c26-17-15-25-19(18(20(17)36-25)22(32)28-16-5-2-1-3-6-16)24(34)30(8-4-12-31)21(25)23(33)27-7-9-29-10-13-35-14-11-29/h1-3,5-6,17-21,31H,4,7-15H2,(H,27,33)(H,28,32)/t17?,18-,19-,20-,21?,25?/m0/s1. The molecule has 1 aromatic rings. The number of aliphatic hydroxyl groups is 1. The summed E-state index contributed by atoms with van der Waals surface area (Å²) in [4.78, 5) is 44.4. The molecule has 3 amide bonds. The lowest BCUT2D eigenvalue weighted by Crippen LogP contribution is -2.56. The fourth-order valence-corrected chi connectivity index (χ4v) is 7.16. The molecule has 4 saturated heterocycles. The van der Waals surface area contributed by atoms with Crippen LogP contribution in [0.2, 0.25) is 0 Å². The number of halogens is 1. The van der Waals surface area contributed by atoms with Crippen LogP contribution in [-0.2, 0) is 23.9 Å². The minimum absolute atomic E-state index is 0.102. The molecule has 2 bridgehead atoms. The smallest absolute Gasteiger partial charge is 0.245 e. The molecular weight excluding hydrogens is 532 g/mol. The molecule has 196 valence electrons. The molecule has 5 rings (SSSR count). The number of fused-ring (bicyclic) bond motifs is 1. The molecular formula is C25H33BrN4O6. The zero-order valence-electron chi connectivity index (χ0n) is 20.1. The number of carbonyl (C=O) groups is 3. The lowest BCUT2D eigenvalue weighted by Gasteiger charge is -2.34. The Labute approximate surface area is 218 Å². The average Bonchev–Trinajstić information content (AvgIpc) is 3.47. The van der Waals surface area contributed by atoms with Gasteiger partial charge in [0.15, 0.2) is 0 Å². The number of benzene rings is 1. The lowest BCUT2D eigenvalue weighted by atomic mass is 9.70. The second-order valence-electron chi connectivity index (χ2n) is 9.87. The van der Waals surface area contributed by atoms with E-state index >= 15 is 0 Å². The van der Waals surface area contributed by atoms with E-state index in [1.807, 2.05) is 18.2 Å². The Balaban J connectivity index is 1.37. The quantitative estimate of drug-likeness (QED) is 0.366. The van der Waals surface area contributed by atoms with Crippen molar-refractivity contribution >= 4 is 39.3 Å². The van der Waals surface area contributed by atoms with E-state index in [-0.39, 0.29) is 35.7 Å². The molecule has 0 radical (unpaired) electrons. The van der Waals surface area contributed by atoms with Crippen LogP contribution in [0.3, 0.4) is 0 Å². The minimum Gasteiger partial charge on any atom is -0.396 e. The van der Waals surface area contributed by atoms with Gasteiger partial charge in [-0.25, -0.2) is 0 Å². The predicted molar refractivity (Wildman–Crippen MR) is 134 cm³/mol. The van der Waals surface area contributed by atoms with Crippen molar-refractivity contribution in [3.63, 3.8) is 0 Å². The van der Waals surface area contributed by atoms with Crippen LogP contribution in [0.1, 0.15) is 12.8 Å². The second-order valence-corrected chi connectivity index (χ2v) is 11.0. The Morgan fingerprint density at radius 1 is 1.14 bits per heavy atom. The van der Waals surface area contributed by atoms with Crippen LogP contribution in [0.15, 0.2) is 30.3 Å². The molecule has 0 aliphatic carbocycles. The number of hydrogen-bond donors (Lipinski definition) is 3. The summed E-state index contributed by atoms with van der Waals surface area (Å²) >= 11 is 3.67. The highest BCUT2D eigenvalue weighted by molar-refractivity contribution is 9.09. The molecule has 0 saturated carbocycles. The second kappa shape index (κ2) is 10.7. The van der Waals surface area contributed by atoms with Crippen molar-refractivity contribution in [2.45, 2.75) is 35.4 Å². The third kappa shape index (κ3) is 4.56. The van der Waals surface area contributed by atoms with Gasteiger partial charge in [-0.2, -0.15) is 0 Å². The molecule has 1 spiro atoms. The van der Waals surface area contributed by atoms with Gasteiger partial charge in [0.05, 0.1) is 31.2 Å². The van der Waals surface area contributed by atoms with Gasteiger partial charge >= 0.3 is 0 Å². The molecule has 3 N–H and O–H groups in total. The van der Waals surface area contributed by atoms with Crippen molar-refractivity contribution in [2.24, 2.45) is 11.8 Å². The van der Waals surface area contributed by atoms with Gasteiger partial charge in [0.1, 0.15) is 11.6 Å². The van der Waals surface area contributed by atoms with Crippen molar-refractivity contribution in [3.05, 3.63) is 30.3 Å². The Bertz CT molecular complexity index is 977. The average molecular weight is 565 g/mol. The molecule has 3 unspecified atom stereocenters. The van der Waals surface area contributed by atoms with E-state index in [0.29, 0.717) is 44.8 Å². The zero-order chi connectivity index (χ0) is 25.3. The molecule has 6 atom stereocenters. The van der Waals surface area contributed by atoms with E-state index in [0.717, 1.165) is 13.1 Å². The van der Waals surface area contributed by atoms with Crippen molar-refractivity contribution in [1.29, 1.82) is 0 Å². The predicted octanol–water partition coefficient (Wildman–Crippen LogP) is 0.204. The molecule has 10 nitrogen and oxygen atoms in total. The summed E-state index contributed by atoms with van der Waals surface area (Å²) in [7, 11) is 0. The molecule has 4 heterocycles. The van der Waals surface area contributed by atoms with Gasteiger partial charge in [-0.1, -0.05) is 34.1 Å². The number of likely N-dealkylation sites (tertiary alicyclic amines) is 1. The van der Waals surface area contributed by atoms with Gasteiger partial charge in [0.2, 0.25) is 17.7 Å². The maximum Gasteiger partial charge on any atom is 0.245 e. The first-order valence-electron chi connectivity index (χ1n) is 12.6. The van der Waals surface area contributed by atoms with Crippen LogP contribution in [0.4, 0.5) is 5.69 Å². The number of hydrogen-bond acceptors (Lipinski definition) is 7. The summed E-state index contributed by atoms with van der Waals surface area (Å²) in [5.41, 5.74) is -0.446. The summed E-state index contributed by atoms with van der Waals surface area (Å²) in [6.45, 7) is 4.25. The van der Waals surface area contributed by atoms with Crippen LogP contribution in [0.5, 0.6) is 0 Å². The van der Waals surface area contributed by atoms with Gasteiger partial charge in [0.25, 0.3) is 0 Å². The summed E-state index contributed by atoms with van der Waals surface area (Å²) < 4.78 is 11.8. The Morgan fingerprint density at radius 2 is 1.89 bits per heavy atom. The first-order valence-corrected chi connectivity index (χ1v) is 13.5. The third-order valence-electron chi connectivity index (χ3n) is 7.77. The summed E-state index contributed by atoms with van der Waals surface area (Å²) in [6, 6.07) is 8.25.